The largest absolute Gasteiger partial charge is 0.372 e. The zero-order valence-corrected chi connectivity index (χ0v) is 14.1. The lowest BCUT2D eigenvalue weighted by Crippen LogP contribution is -2.45. The first kappa shape index (κ1) is 15.8. The summed E-state index contributed by atoms with van der Waals surface area (Å²) in [4.78, 5) is 2.41. The number of anilines is 1. The van der Waals surface area contributed by atoms with Crippen LogP contribution in [0.3, 0.4) is 0 Å². The minimum atomic E-state index is 0.290. The van der Waals surface area contributed by atoms with Crippen LogP contribution in [-0.4, -0.2) is 25.3 Å². The van der Waals surface area contributed by atoms with Crippen LogP contribution in [0.4, 0.5) is 5.69 Å². The van der Waals surface area contributed by atoms with E-state index in [0.29, 0.717) is 0 Å². The maximum Gasteiger partial charge on any atom is 0.169 e. The maximum atomic E-state index is 5.80. The highest BCUT2D eigenvalue weighted by molar-refractivity contribution is 5.70. The molecule has 1 aromatic carbocycles. The number of aryl methyl sites for hydroxylation is 1. The fourth-order valence-corrected chi connectivity index (χ4v) is 3.00. The highest BCUT2D eigenvalue weighted by Crippen LogP contribution is 2.21. The van der Waals surface area contributed by atoms with E-state index in [1.54, 1.807) is 0 Å². The number of pyridine rings is 1. The average molecular weight is 309 g/mol. The molecule has 0 radical (unpaired) electrons. The van der Waals surface area contributed by atoms with Crippen molar-refractivity contribution in [2.24, 2.45) is 7.05 Å². The van der Waals surface area contributed by atoms with E-state index in [-0.39, 0.29) is 12.2 Å². The molecule has 3 heteroatoms. The van der Waals surface area contributed by atoms with Gasteiger partial charge in [0.1, 0.15) is 7.05 Å². The second-order valence-electron chi connectivity index (χ2n) is 6.38. The van der Waals surface area contributed by atoms with Gasteiger partial charge in [-0.25, -0.2) is 4.57 Å². The van der Waals surface area contributed by atoms with Crippen molar-refractivity contribution in [3.05, 3.63) is 59.9 Å². The number of morpholine rings is 1. The highest BCUT2D eigenvalue weighted by atomic mass is 16.5. The Balaban J connectivity index is 1.68. The highest BCUT2D eigenvalue weighted by Gasteiger charge is 2.22. The van der Waals surface area contributed by atoms with Gasteiger partial charge in [-0.05, 0) is 37.1 Å². The second kappa shape index (κ2) is 6.97. The van der Waals surface area contributed by atoms with Crippen molar-refractivity contribution >= 4 is 17.8 Å². The van der Waals surface area contributed by atoms with Gasteiger partial charge >= 0.3 is 0 Å². The van der Waals surface area contributed by atoms with E-state index in [9.17, 15) is 0 Å². The first-order valence-corrected chi connectivity index (χ1v) is 8.24. The van der Waals surface area contributed by atoms with Gasteiger partial charge in [-0.2, -0.15) is 0 Å². The summed E-state index contributed by atoms with van der Waals surface area (Å²) in [5, 5.41) is 0. The van der Waals surface area contributed by atoms with E-state index in [1.165, 1.54) is 16.8 Å². The first-order chi connectivity index (χ1) is 11.1. The van der Waals surface area contributed by atoms with Crippen molar-refractivity contribution in [1.82, 2.24) is 0 Å². The number of benzene rings is 1. The van der Waals surface area contributed by atoms with E-state index in [4.69, 9.17) is 4.74 Å². The van der Waals surface area contributed by atoms with Crippen molar-refractivity contribution in [1.29, 1.82) is 0 Å². The fraction of sp³-hybridized carbons (Fsp3) is 0.350. The Hall–Kier alpha value is -2.13. The summed E-state index contributed by atoms with van der Waals surface area (Å²) >= 11 is 0. The van der Waals surface area contributed by atoms with Crippen LogP contribution < -0.4 is 9.47 Å². The molecule has 3 rings (SSSR count). The summed E-state index contributed by atoms with van der Waals surface area (Å²) in [7, 11) is 2.03. The van der Waals surface area contributed by atoms with E-state index >= 15 is 0 Å². The lowest BCUT2D eigenvalue weighted by Gasteiger charge is -2.36. The van der Waals surface area contributed by atoms with Gasteiger partial charge in [-0.1, -0.05) is 24.3 Å². The van der Waals surface area contributed by atoms with E-state index in [1.807, 2.05) is 11.6 Å². The molecular weight excluding hydrogens is 284 g/mol. The van der Waals surface area contributed by atoms with Gasteiger partial charge in [-0.15, -0.1) is 0 Å². The third kappa shape index (κ3) is 4.20. The van der Waals surface area contributed by atoms with E-state index in [0.717, 1.165) is 13.1 Å². The minimum absolute atomic E-state index is 0.290. The summed E-state index contributed by atoms with van der Waals surface area (Å²) in [6, 6.07) is 13.0. The zero-order valence-electron chi connectivity index (χ0n) is 14.1. The third-order valence-corrected chi connectivity index (χ3v) is 4.15. The molecule has 2 unspecified atom stereocenters. The van der Waals surface area contributed by atoms with Gasteiger partial charge in [0.2, 0.25) is 0 Å². The number of hydrogen-bond acceptors (Lipinski definition) is 2. The number of rotatable bonds is 3. The Morgan fingerprint density at radius 3 is 2.00 bits per heavy atom. The molecule has 120 valence electrons. The van der Waals surface area contributed by atoms with Crippen molar-refractivity contribution in [3.63, 3.8) is 0 Å². The number of hydrogen-bond donors (Lipinski definition) is 0. The minimum Gasteiger partial charge on any atom is -0.372 e. The number of aromatic nitrogens is 1. The van der Waals surface area contributed by atoms with Crippen LogP contribution in [0, 0.1) is 0 Å². The topological polar surface area (TPSA) is 16.4 Å². The second-order valence-corrected chi connectivity index (χ2v) is 6.38. The Labute approximate surface area is 138 Å². The molecule has 1 aromatic heterocycles. The first-order valence-electron chi connectivity index (χ1n) is 8.24. The molecular formula is C20H25N2O+. The van der Waals surface area contributed by atoms with E-state index < -0.39 is 0 Å². The summed E-state index contributed by atoms with van der Waals surface area (Å²) in [5.74, 6) is 0. The third-order valence-electron chi connectivity index (χ3n) is 4.15. The molecule has 1 saturated heterocycles. The smallest absolute Gasteiger partial charge is 0.169 e. The standard InChI is InChI=1S/C20H25N2O/c1-16-14-22(15-17(2)23-16)20-8-6-18(7-9-20)4-5-19-10-12-21(3)13-11-19/h4-13,16-17H,14-15H2,1-3H3/q+1. The average Bonchev–Trinajstić information content (AvgIpc) is 2.54. The Kier molecular flexibility index (Phi) is 4.77. The van der Waals surface area contributed by atoms with Gasteiger partial charge < -0.3 is 9.64 Å². The van der Waals surface area contributed by atoms with Crippen molar-refractivity contribution in [3.8, 4) is 0 Å². The molecule has 2 aromatic rings. The van der Waals surface area contributed by atoms with Gasteiger partial charge in [0.15, 0.2) is 12.4 Å². The van der Waals surface area contributed by atoms with Crippen LogP contribution in [0.5, 0.6) is 0 Å². The fourth-order valence-electron chi connectivity index (χ4n) is 3.00. The maximum absolute atomic E-state index is 5.80. The molecule has 1 aliphatic heterocycles. The van der Waals surface area contributed by atoms with Crippen molar-refractivity contribution < 1.29 is 9.30 Å². The molecule has 1 aliphatic rings. The van der Waals surface area contributed by atoms with Crippen LogP contribution in [0.15, 0.2) is 48.8 Å². The molecule has 23 heavy (non-hydrogen) atoms. The molecule has 3 nitrogen and oxygen atoms in total. The molecule has 0 spiro atoms. The predicted octanol–water partition coefficient (Wildman–Crippen LogP) is 3.30. The summed E-state index contributed by atoms with van der Waals surface area (Å²) in [6.45, 7) is 6.19. The van der Waals surface area contributed by atoms with E-state index in [2.05, 4.69) is 79.7 Å². The van der Waals surface area contributed by atoms with Gasteiger partial charge in [0.05, 0.1) is 12.2 Å². The van der Waals surface area contributed by atoms with Gasteiger partial charge in [-0.3, -0.25) is 0 Å². The van der Waals surface area contributed by atoms with Crippen molar-refractivity contribution in [2.45, 2.75) is 26.1 Å². The molecule has 2 heterocycles. The SMILES string of the molecule is CC1CN(c2ccc(C=Cc3cc[n+](C)cc3)cc2)CC(C)O1. The lowest BCUT2D eigenvalue weighted by molar-refractivity contribution is -0.671. The van der Waals surface area contributed by atoms with Crippen LogP contribution in [0.2, 0.25) is 0 Å². The molecule has 2 atom stereocenters. The normalized spacial score (nSPS) is 21.8. The van der Waals surface area contributed by atoms with Gasteiger partial charge in [0, 0.05) is 30.9 Å². The summed E-state index contributed by atoms with van der Waals surface area (Å²) in [5.41, 5.74) is 3.70. The van der Waals surface area contributed by atoms with Crippen LogP contribution >= 0.6 is 0 Å². The summed E-state index contributed by atoms with van der Waals surface area (Å²) < 4.78 is 7.84. The quantitative estimate of drug-likeness (QED) is 0.809. The molecule has 0 bridgehead atoms. The summed E-state index contributed by atoms with van der Waals surface area (Å²) in [6.07, 6.45) is 9.00. The van der Waals surface area contributed by atoms with Crippen LogP contribution in [0.25, 0.3) is 12.2 Å². The molecule has 0 saturated carbocycles. The van der Waals surface area contributed by atoms with Crippen molar-refractivity contribution in [2.75, 3.05) is 18.0 Å². The predicted molar refractivity (Wildman–Crippen MR) is 95.2 cm³/mol. The Morgan fingerprint density at radius 1 is 0.913 bits per heavy atom. The molecule has 0 amide bonds. The molecule has 1 fully saturated rings. The van der Waals surface area contributed by atoms with Crippen LogP contribution in [0.1, 0.15) is 25.0 Å². The number of nitrogens with zero attached hydrogens (tertiary/aromatic N) is 2. The monoisotopic (exact) mass is 309 g/mol. The van der Waals surface area contributed by atoms with Crippen LogP contribution in [-0.2, 0) is 11.8 Å². The molecule has 0 N–H and O–H groups in total. The Morgan fingerprint density at radius 2 is 1.43 bits per heavy atom. The Bertz CT molecular complexity index is 651. The zero-order chi connectivity index (χ0) is 16.2. The van der Waals surface area contributed by atoms with Gasteiger partial charge in [0.25, 0.3) is 0 Å². The number of ether oxygens (including phenoxy) is 1. The lowest BCUT2D eigenvalue weighted by atomic mass is 10.1. The molecule has 0 aliphatic carbocycles.